The summed E-state index contributed by atoms with van der Waals surface area (Å²) >= 11 is 0. The summed E-state index contributed by atoms with van der Waals surface area (Å²) in [7, 11) is -0.447. The fourth-order valence-electron chi connectivity index (χ4n) is 6.69. The number of carbonyl (C=O) groups excluding carboxylic acids is 1. The highest BCUT2D eigenvalue weighted by atomic mass is 16.7. The average Bonchev–Trinajstić information content (AvgIpc) is 3.42. The molecular weight excluding hydrogens is 415 g/mol. The van der Waals surface area contributed by atoms with E-state index in [1.165, 1.54) is 17.5 Å². The predicted molar refractivity (Wildman–Crippen MR) is 129 cm³/mol. The average molecular weight is 454 g/mol. The van der Waals surface area contributed by atoms with Crippen molar-refractivity contribution in [3.8, 4) is 0 Å². The van der Waals surface area contributed by atoms with E-state index >= 15 is 0 Å². The Hall–Kier alpha value is -1.57. The van der Waals surface area contributed by atoms with Gasteiger partial charge in [-0.15, -0.1) is 0 Å². The van der Waals surface area contributed by atoms with Crippen molar-refractivity contribution < 1.29 is 18.8 Å². The first-order chi connectivity index (χ1) is 15.8. The molecule has 3 saturated carbocycles. The third-order valence-electron chi connectivity index (χ3n) is 9.04. The Morgan fingerprint density at radius 3 is 2.76 bits per heavy atom. The summed E-state index contributed by atoms with van der Waals surface area (Å²) in [6.07, 6.45) is 5.75. The molecule has 2 N–H and O–H groups in total. The van der Waals surface area contributed by atoms with Crippen LogP contribution in [0, 0.1) is 24.2 Å². The van der Waals surface area contributed by atoms with Gasteiger partial charge in [-0.2, -0.15) is 0 Å². The summed E-state index contributed by atoms with van der Waals surface area (Å²) in [6, 6.07) is 8.84. The number of hydrogen-bond donors (Lipinski definition) is 2. The topological polar surface area (TPSA) is 68.8 Å². The van der Waals surface area contributed by atoms with Crippen LogP contribution in [-0.4, -0.2) is 50.1 Å². The lowest BCUT2D eigenvalue weighted by molar-refractivity contribution is -0.199. The molecule has 1 aromatic rings. The van der Waals surface area contributed by atoms with Crippen LogP contribution in [0.15, 0.2) is 24.3 Å². The molecule has 1 aromatic carbocycles. The minimum absolute atomic E-state index is 0.0988. The Bertz CT molecular complexity index is 856. The fraction of sp³-hybridized carbons (Fsp3) is 0.731. The number of hydrogen-bond acceptors (Lipinski definition) is 5. The van der Waals surface area contributed by atoms with Crippen LogP contribution in [0.3, 0.4) is 0 Å². The van der Waals surface area contributed by atoms with Crippen molar-refractivity contribution in [3.63, 3.8) is 0 Å². The third kappa shape index (κ3) is 4.44. The number of alkyl carbamates (subject to hydrolysis) is 1. The summed E-state index contributed by atoms with van der Waals surface area (Å²) in [5.41, 5.74) is 2.51. The number of nitrogens with one attached hydrogen (secondary N) is 2. The molecule has 6 nitrogen and oxygen atoms in total. The van der Waals surface area contributed by atoms with Crippen molar-refractivity contribution in [2.45, 2.75) is 89.9 Å². The molecule has 2 saturated heterocycles. The van der Waals surface area contributed by atoms with Crippen molar-refractivity contribution in [3.05, 3.63) is 35.4 Å². The molecule has 5 fully saturated rings. The van der Waals surface area contributed by atoms with E-state index in [1.807, 2.05) is 0 Å². The van der Waals surface area contributed by atoms with Crippen molar-refractivity contribution in [1.82, 2.24) is 10.6 Å². The van der Waals surface area contributed by atoms with Gasteiger partial charge >= 0.3 is 13.2 Å². The molecule has 2 heterocycles. The van der Waals surface area contributed by atoms with E-state index in [9.17, 15) is 4.79 Å². The predicted octanol–water partition coefficient (Wildman–Crippen LogP) is 4.04. The van der Waals surface area contributed by atoms with Crippen LogP contribution >= 0.6 is 0 Å². The van der Waals surface area contributed by atoms with Gasteiger partial charge in [-0.05, 0) is 81.7 Å². The molecule has 6 atom stereocenters. The van der Waals surface area contributed by atoms with E-state index in [2.05, 4.69) is 62.6 Å². The molecule has 3 aliphatic carbocycles. The zero-order valence-corrected chi connectivity index (χ0v) is 20.6. The molecule has 0 unspecified atom stereocenters. The van der Waals surface area contributed by atoms with E-state index in [4.69, 9.17) is 14.0 Å². The van der Waals surface area contributed by atoms with Crippen molar-refractivity contribution >= 4 is 13.2 Å². The van der Waals surface area contributed by atoms with Crippen molar-refractivity contribution in [2.24, 2.45) is 17.3 Å². The van der Waals surface area contributed by atoms with Gasteiger partial charge in [-0.3, -0.25) is 0 Å². The van der Waals surface area contributed by atoms with Gasteiger partial charge in [-0.1, -0.05) is 43.7 Å². The summed E-state index contributed by atoms with van der Waals surface area (Å²) in [5, 5.41) is 6.47. The molecule has 7 heteroatoms. The first-order valence-electron chi connectivity index (χ1n) is 12.8. The summed E-state index contributed by atoms with van der Waals surface area (Å²) in [4.78, 5) is 12.7. The Kier molecular flexibility index (Phi) is 6.25. The first-order valence-corrected chi connectivity index (χ1v) is 12.8. The zero-order valence-electron chi connectivity index (χ0n) is 20.6. The number of benzene rings is 1. The number of aryl methyl sites for hydroxylation is 2. The van der Waals surface area contributed by atoms with E-state index in [0.29, 0.717) is 23.9 Å². The van der Waals surface area contributed by atoms with Crippen LogP contribution in [0.5, 0.6) is 0 Å². The molecule has 0 radical (unpaired) electrons. The number of amides is 1. The molecule has 6 rings (SSSR count). The Morgan fingerprint density at radius 2 is 2.06 bits per heavy atom. The summed E-state index contributed by atoms with van der Waals surface area (Å²) < 4.78 is 18.8. The van der Waals surface area contributed by atoms with E-state index in [0.717, 1.165) is 38.6 Å². The molecule has 33 heavy (non-hydrogen) atoms. The van der Waals surface area contributed by atoms with Gasteiger partial charge in [0.1, 0.15) is 6.61 Å². The lowest BCUT2D eigenvalue weighted by atomic mass is 9.43. The second-order valence-corrected chi connectivity index (χ2v) is 11.5. The molecule has 2 aliphatic heterocycles. The minimum atomic E-state index is -0.447. The first kappa shape index (κ1) is 23.2. The van der Waals surface area contributed by atoms with E-state index < -0.39 is 7.12 Å². The highest BCUT2D eigenvalue weighted by Gasteiger charge is 2.68. The van der Waals surface area contributed by atoms with Gasteiger partial charge in [0.25, 0.3) is 0 Å². The highest BCUT2D eigenvalue weighted by molar-refractivity contribution is 6.47. The second-order valence-electron chi connectivity index (χ2n) is 11.5. The normalized spacial score (nSPS) is 35.0. The number of rotatable bonds is 7. The van der Waals surface area contributed by atoms with Gasteiger partial charge < -0.3 is 24.7 Å². The SMILES string of the molecule is Cc1ccc(CC[C@H](NC(=O)OC[C@H]2CCCN2)B2O[C@@H]3C[C@@H]4C[C@@H](C4(C)C)[C@]3(C)O2)cc1. The van der Waals surface area contributed by atoms with Crippen LogP contribution < -0.4 is 10.6 Å². The number of carbonyl (C=O) groups is 1. The van der Waals surface area contributed by atoms with Crippen LogP contribution in [0.2, 0.25) is 0 Å². The van der Waals surface area contributed by atoms with Crippen LogP contribution in [0.25, 0.3) is 0 Å². The molecule has 1 amide bonds. The second kappa shape index (κ2) is 8.90. The van der Waals surface area contributed by atoms with Crippen molar-refractivity contribution in [1.29, 1.82) is 0 Å². The molecule has 0 aromatic heterocycles. The third-order valence-corrected chi connectivity index (χ3v) is 9.04. The van der Waals surface area contributed by atoms with Gasteiger partial charge in [0.05, 0.1) is 17.6 Å². The minimum Gasteiger partial charge on any atom is -0.448 e. The van der Waals surface area contributed by atoms with Gasteiger partial charge in [0, 0.05) is 6.04 Å². The zero-order chi connectivity index (χ0) is 23.2. The lowest BCUT2D eigenvalue weighted by Crippen LogP contribution is -2.65. The standard InChI is InChI=1S/C26H39BN2O4/c1-17-7-9-18(10-8-17)11-12-23(29-24(30)31-16-20-6-5-13-28-20)27-32-22-15-19-14-21(25(19,2)3)26(22,4)33-27/h7-10,19-23,28H,5-6,11-16H2,1-4H3,(H,29,30)/t19-,20+,21-,22+,23-,26-/m0/s1. The summed E-state index contributed by atoms with van der Waals surface area (Å²) in [6.45, 7) is 10.5. The Morgan fingerprint density at radius 1 is 1.27 bits per heavy atom. The smallest absolute Gasteiger partial charge is 0.448 e. The monoisotopic (exact) mass is 454 g/mol. The van der Waals surface area contributed by atoms with Crippen LogP contribution in [0.4, 0.5) is 4.79 Å². The molecule has 5 aliphatic rings. The van der Waals surface area contributed by atoms with Crippen LogP contribution in [0.1, 0.15) is 64.0 Å². The van der Waals surface area contributed by atoms with Crippen LogP contribution in [-0.2, 0) is 20.5 Å². The quantitative estimate of drug-likeness (QED) is 0.609. The van der Waals surface area contributed by atoms with Gasteiger partial charge in [0.15, 0.2) is 0 Å². The summed E-state index contributed by atoms with van der Waals surface area (Å²) in [5.74, 6) is 0.945. The van der Waals surface area contributed by atoms with Gasteiger partial charge in [-0.25, -0.2) is 4.79 Å². The lowest BCUT2D eigenvalue weighted by Gasteiger charge is -2.64. The number of ether oxygens (including phenoxy) is 1. The Labute approximate surface area is 198 Å². The maximum Gasteiger partial charge on any atom is 0.481 e. The molecule has 0 spiro atoms. The molecule has 180 valence electrons. The Balaban J connectivity index is 1.26. The fourth-order valence-corrected chi connectivity index (χ4v) is 6.69. The largest absolute Gasteiger partial charge is 0.481 e. The highest BCUT2D eigenvalue weighted by Crippen LogP contribution is 2.65. The maximum atomic E-state index is 12.7. The van der Waals surface area contributed by atoms with E-state index in [-0.39, 0.29) is 29.8 Å². The maximum absolute atomic E-state index is 12.7. The van der Waals surface area contributed by atoms with Gasteiger partial charge in [0.2, 0.25) is 0 Å². The van der Waals surface area contributed by atoms with Crippen molar-refractivity contribution in [2.75, 3.05) is 13.2 Å². The van der Waals surface area contributed by atoms with E-state index in [1.54, 1.807) is 0 Å². The molecule has 2 bridgehead atoms. The molecular formula is C26H39BN2O4.